The summed E-state index contributed by atoms with van der Waals surface area (Å²) in [6, 6.07) is 1.09. The maximum atomic E-state index is 15.6. The van der Waals surface area contributed by atoms with E-state index in [-0.39, 0.29) is 12.1 Å². The van der Waals surface area contributed by atoms with Crippen LogP contribution in [0.2, 0.25) is 0 Å². The number of benzene rings is 1. The van der Waals surface area contributed by atoms with Crippen LogP contribution in [0.4, 0.5) is 22.4 Å². The number of cyclic esters (lactones) is 1. The normalized spacial score (nSPS) is 20.6. The zero-order chi connectivity index (χ0) is 34.7. The summed E-state index contributed by atoms with van der Waals surface area (Å²) in [4.78, 5) is 20.7. The van der Waals surface area contributed by atoms with Crippen LogP contribution in [0.3, 0.4) is 0 Å². The standard InChI is InChI=1S/C37H43F4N3O3/c1-8-12-25(5)29(10-3)30(31(38)23-28(9-2)46-7)15-13-24(4)14-16-34(43-18-11-19-43)42-17-20-44-26(6)36(47-37(44)45)27-21-32(39)35(41)33(40)22-27/h8,10,12-17,21-23,26,36H,3,9,11,18-20H2,1-2,4-7H3/b12-8+,15-13+,24-14+,28-23+,29-25+,31-30-,34-16+,42-17+. The summed E-state index contributed by atoms with van der Waals surface area (Å²) in [5, 5.41) is 0. The smallest absolute Gasteiger partial charge is 0.411 e. The van der Waals surface area contributed by atoms with E-state index in [9.17, 15) is 18.0 Å². The molecule has 1 aromatic rings. The van der Waals surface area contributed by atoms with E-state index >= 15 is 4.39 Å². The van der Waals surface area contributed by atoms with Gasteiger partial charge in [0.15, 0.2) is 17.5 Å². The molecule has 2 heterocycles. The first-order chi connectivity index (χ1) is 22.4. The predicted molar refractivity (Wildman–Crippen MR) is 179 cm³/mol. The Kier molecular flexibility index (Phi) is 13.6. The molecule has 2 aliphatic heterocycles. The number of nitrogens with zero attached hydrogens (tertiary/aromatic N) is 3. The lowest BCUT2D eigenvalue weighted by Gasteiger charge is -2.33. The minimum Gasteiger partial charge on any atom is -0.501 e. The van der Waals surface area contributed by atoms with Gasteiger partial charge in [-0.25, -0.2) is 27.3 Å². The molecule has 0 radical (unpaired) electrons. The molecular weight excluding hydrogens is 610 g/mol. The molecule has 0 spiro atoms. The maximum absolute atomic E-state index is 15.6. The lowest BCUT2D eigenvalue weighted by Crippen LogP contribution is -2.36. The molecule has 0 saturated carbocycles. The van der Waals surface area contributed by atoms with Crippen LogP contribution in [-0.4, -0.2) is 54.9 Å². The summed E-state index contributed by atoms with van der Waals surface area (Å²) in [5.74, 6) is -3.53. The van der Waals surface area contributed by atoms with Gasteiger partial charge in [0.05, 0.1) is 25.5 Å². The fourth-order valence-corrected chi connectivity index (χ4v) is 5.05. The van der Waals surface area contributed by atoms with Gasteiger partial charge in [0.2, 0.25) is 0 Å². The van der Waals surface area contributed by atoms with Crippen molar-refractivity contribution in [3.8, 4) is 0 Å². The average Bonchev–Trinajstić information content (AvgIpc) is 3.30. The molecule has 2 unspecified atom stereocenters. The molecule has 47 heavy (non-hydrogen) atoms. The van der Waals surface area contributed by atoms with Crippen molar-refractivity contribution in [2.75, 3.05) is 26.7 Å². The first-order valence-electron chi connectivity index (χ1n) is 15.5. The molecule has 252 valence electrons. The minimum atomic E-state index is -1.58. The van der Waals surface area contributed by atoms with Crippen molar-refractivity contribution in [3.63, 3.8) is 0 Å². The number of methoxy groups -OCH3 is 1. The van der Waals surface area contributed by atoms with Crippen molar-refractivity contribution < 1.29 is 31.8 Å². The lowest BCUT2D eigenvalue weighted by molar-refractivity contribution is 0.130. The zero-order valence-electron chi connectivity index (χ0n) is 27.8. The zero-order valence-corrected chi connectivity index (χ0v) is 27.8. The Labute approximate surface area is 275 Å². The Morgan fingerprint density at radius 1 is 1.11 bits per heavy atom. The van der Waals surface area contributed by atoms with E-state index in [1.54, 1.807) is 25.3 Å². The Hall–Kier alpha value is -4.60. The number of allylic oxidation sites excluding steroid dienone is 14. The van der Waals surface area contributed by atoms with Crippen LogP contribution in [0.5, 0.6) is 0 Å². The van der Waals surface area contributed by atoms with E-state index in [1.165, 1.54) is 18.1 Å². The summed E-state index contributed by atoms with van der Waals surface area (Å²) >= 11 is 0. The summed E-state index contributed by atoms with van der Waals surface area (Å²) in [6.45, 7) is 14.9. The first-order valence-corrected chi connectivity index (χ1v) is 15.5. The van der Waals surface area contributed by atoms with Crippen LogP contribution in [0.25, 0.3) is 0 Å². The number of likely N-dealkylation sites (tertiary alicyclic amines) is 1. The molecule has 0 aliphatic carbocycles. The highest BCUT2D eigenvalue weighted by Crippen LogP contribution is 2.33. The number of halogens is 4. The molecule has 2 saturated heterocycles. The second kappa shape index (κ2) is 17.4. The molecule has 0 N–H and O–H groups in total. The molecule has 2 aliphatic rings. The van der Waals surface area contributed by atoms with Crippen LogP contribution < -0.4 is 0 Å². The van der Waals surface area contributed by atoms with Crippen molar-refractivity contribution in [3.05, 3.63) is 130 Å². The lowest BCUT2D eigenvalue weighted by atomic mass is 9.97. The number of amides is 1. The van der Waals surface area contributed by atoms with Crippen molar-refractivity contribution in [2.45, 2.75) is 59.6 Å². The van der Waals surface area contributed by atoms with Crippen LogP contribution in [-0.2, 0) is 9.47 Å². The average molecular weight is 654 g/mol. The maximum Gasteiger partial charge on any atom is 0.411 e. The van der Waals surface area contributed by atoms with E-state index in [0.717, 1.165) is 42.8 Å². The molecule has 2 fully saturated rings. The summed E-state index contributed by atoms with van der Waals surface area (Å²) < 4.78 is 67.3. The number of rotatable bonds is 14. The molecule has 10 heteroatoms. The van der Waals surface area contributed by atoms with Crippen LogP contribution in [0, 0.1) is 17.5 Å². The van der Waals surface area contributed by atoms with E-state index in [4.69, 9.17) is 9.47 Å². The number of hydrogen-bond donors (Lipinski definition) is 0. The number of hydrogen-bond acceptors (Lipinski definition) is 5. The molecule has 0 bridgehead atoms. The highest BCUT2D eigenvalue weighted by Gasteiger charge is 2.40. The quantitative estimate of drug-likeness (QED) is 0.0660. The number of aliphatic imine (C=N–C) groups is 1. The third kappa shape index (κ3) is 9.47. The van der Waals surface area contributed by atoms with Gasteiger partial charge in [0.25, 0.3) is 0 Å². The Bertz CT molecular complexity index is 1550. The molecule has 1 amide bonds. The van der Waals surface area contributed by atoms with E-state index < -0.39 is 41.5 Å². The van der Waals surface area contributed by atoms with Crippen LogP contribution in [0.1, 0.15) is 59.1 Å². The highest BCUT2D eigenvalue weighted by atomic mass is 19.2. The SMILES string of the molecule is C=CC(/C(/C=C/C(C)=C/C=C(\N=C\CN1C(=O)OC(c2cc(F)c(F)c(F)c2)C1C)N1CCC1)=C(F)/C=C(\CC)OC)=C(C)\C=C\C. The number of carbonyl (C=O) groups is 1. The van der Waals surface area contributed by atoms with Crippen molar-refractivity contribution >= 4 is 12.3 Å². The van der Waals surface area contributed by atoms with Gasteiger partial charge in [-0.2, -0.15) is 0 Å². The molecule has 3 rings (SSSR count). The predicted octanol–water partition coefficient (Wildman–Crippen LogP) is 9.35. The second-order valence-electron chi connectivity index (χ2n) is 11.1. The summed E-state index contributed by atoms with van der Waals surface area (Å²) in [6.07, 6.45) is 15.5. The number of carbonyl (C=O) groups excluding carboxylic acids is 1. The van der Waals surface area contributed by atoms with E-state index in [0.29, 0.717) is 29.1 Å². The molecule has 6 nitrogen and oxygen atoms in total. The summed E-state index contributed by atoms with van der Waals surface area (Å²) in [5.41, 5.74) is 2.74. The topological polar surface area (TPSA) is 54.4 Å². The van der Waals surface area contributed by atoms with Gasteiger partial charge in [0, 0.05) is 42.9 Å². The third-order valence-corrected chi connectivity index (χ3v) is 7.91. The molecular formula is C37H43F4N3O3. The molecule has 0 aromatic heterocycles. The van der Waals surface area contributed by atoms with Crippen molar-refractivity contribution in [1.29, 1.82) is 0 Å². The third-order valence-electron chi connectivity index (χ3n) is 7.91. The minimum absolute atomic E-state index is 0.0302. The van der Waals surface area contributed by atoms with Gasteiger partial charge >= 0.3 is 6.09 Å². The van der Waals surface area contributed by atoms with Crippen molar-refractivity contribution in [2.24, 2.45) is 4.99 Å². The first kappa shape index (κ1) is 36.9. The van der Waals surface area contributed by atoms with Gasteiger partial charge in [-0.3, -0.25) is 4.90 Å². The second-order valence-corrected chi connectivity index (χ2v) is 11.1. The molecule has 1 aromatic carbocycles. The van der Waals surface area contributed by atoms with E-state index in [2.05, 4.69) is 16.5 Å². The van der Waals surface area contributed by atoms with E-state index in [1.807, 2.05) is 58.1 Å². The number of ether oxygens (including phenoxy) is 2. The summed E-state index contributed by atoms with van der Waals surface area (Å²) in [7, 11) is 1.51. The van der Waals surface area contributed by atoms with Gasteiger partial charge in [-0.15, -0.1) is 0 Å². The van der Waals surface area contributed by atoms with Crippen LogP contribution in [0.15, 0.2) is 112 Å². The molecule has 2 atom stereocenters. The largest absolute Gasteiger partial charge is 0.501 e. The Morgan fingerprint density at radius 3 is 2.34 bits per heavy atom. The highest BCUT2D eigenvalue weighted by molar-refractivity contribution is 5.76. The Morgan fingerprint density at radius 2 is 1.79 bits per heavy atom. The monoisotopic (exact) mass is 653 g/mol. The fraction of sp³-hybridized carbons (Fsp3) is 0.351. The van der Waals surface area contributed by atoms with Gasteiger partial charge in [-0.1, -0.05) is 55.5 Å². The van der Waals surface area contributed by atoms with Crippen molar-refractivity contribution in [1.82, 2.24) is 9.80 Å². The van der Waals surface area contributed by atoms with Crippen LogP contribution >= 0.6 is 0 Å². The fourth-order valence-electron chi connectivity index (χ4n) is 5.05. The van der Waals surface area contributed by atoms with Gasteiger partial charge in [-0.05, 0) is 63.5 Å². The Balaban J connectivity index is 1.84. The van der Waals surface area contributed by atoms with Gasteiger partial charge in [0.1, 0.15) is 17.8 Å². The van der Waals surface area contributed by atoms with Gasteiger partial charge < -0.3 is 14.4 Å².